The van der Waals surface area contributed by atoms with Gasteiger partial charge in [0.05, 0.1) is 6.54 Å². The van der Waals surface area contributed by atoms with Crippen LogP contribution in [-0.2, 0) is 11.3 Å². The highest BCUT2D eigenvalue weighted by atomic mass is 16.1. The molecule has 3 N–H and O–H groups in total. The number of nitrogens with zero attached hydrogens (tertiary/aromatic N) is 1. The zero-order valence-electron chi connectivity index (χ0n) is 12.1. The van der Waals surface area contributed by atoms with Gasteiger partial charge in [-0.25, -0.2) is 4.99 Å². The van der Waals surface area contributed by atoms with Crippen LogP contribution in [0, 0.1) is 0 Å². The topological polar surface area (TPSA) is 65.5 Å². The summed E-state index contributed by atoms with van der Waals surface area (Å²) in [6.07, 6.45) is 1.78. The summed E-state index contributed by atoms with van der Waals surface area (Å²) in [5.74, 6) is 0.670. The Hall–Kier alpha value is -2.30. The molecule has 1 aromatic rings. The molecule has 0 spiro atoms. The van der Waals surface area contributed by atoms with E-state index in [0.29, 0.717) is 13.1 Å². The molecule has 1 aromatic carbocycles. The molecule has 5 nitrogen and oxygen atoms in total. The first-order valence-electron chi connectivity index (χ1n) is 6.65. The Kier molecular flexibility index (Phi) is 6.89. The summed E-state index contributed by atoms with van der Waals surface area (Å²) in [4.78, 5) is 15.5. The quantitative estimate of drug-likeness (QED) is 0.421. The van der Waals surface area contributed by atoms with Gasteiger partial charge < -0.3 is 16.0 Å². The van der Waals surface area contributed by atoms with Crippen molar-refractivity contribution in [3.63, 3.8) is 0 Å². The minimum atomic E-state index is -0.0772. The number of hydrogen-bond donors (Lipinski definition) is 3. The molecular formula is C15H22N4O. The average Bonchev–Trinajstić information content (AvgIpc) is 2.41. The van der Waals surface area contributed by atoms with Gasteiger partial charge in [0, 0.05) is 25.7 Å². The summed E-state index contributed by atoms with van der Waals surface area (Å²) in [5.41, 5.74) is 1.82. The number of carbonyl (C=O) groups excluding carboxylic acids is 1. The number of aliphatic imine (C=N–C) groups is 1. The molecule has 0 saturated heterocycles. The first kappa shape index (κ1) is 15.8. The molecule has 1 rings (SSSR count). The van der Waals surface area contributed by atoms with E-state index in [1.807, 2.05) is 31.2 Å². The second-order valence-corrected chi connectivity index (χ2v) is 4.25. The zero-order chi connectivity index (χ0) is 14.8. The molecule has 0 saturated carbocycles. The summed E-state index contributed by atoms with van der Waals surface area (Å²) < 4.78 is 0. The monoisotopic (exact) mass is 274 g/mol. The van der Waals surface area contributed by atoms with E-state index in [1.54, 1.807) is 6.08 Å². The van der Waals surface area contributed by atoms with Crippen LogP contribution in [0.2, 0.25) is 0 Å². The number of nitrogens with one attached hydrogen (secondary N) is 3. The first-order chi connectivity index (χ1) is 9.65. The van der Waals surface area contributed by atoms with Crippen molar-refractivity contribution in [2.45, 2.75) is 20.4 Å². The van der Waals surface area contributed by atoms with E-state index in [9.17, 15) is 4.79 Å². The second-order valence-electron chi connectivity index (χ2n) is 4.25. The van der Waals surface area contributed by atoms with Crippen LogP contribution in [0.5, 0.6) is 0 Å². The Morgan fingerprint density at radius 3 is 2.85 bits per heavy atom. The van der Waals surface area contributed by atoms with Crippen molar-refractivity contribution >= 4 is 17.6 Å². The lowest BCUT2D eigenvalue weighted by molar-refractivity contribution is -0.114. The number of guanidine groups is 1. The maximum absolute atomic E-state index is 11.0. The summed E-state index contributed by atoms with van der Waals surface area (Å²) in [6.45, 7) is 9.18. The molecule has 20 heavy (non-hydrogen) atoms. The molecule has 0 atom stereocenters. The molecule has 0 radical (unpaired) electrons. The van der Waals surface area contributed by atoms with Crippen LogP contribution in [0.1, 0.15) is 19.4 Å². The Bertz CT molecular complexity index is 483. The van der Waals surface area contributed by atoms with Crippen molar-refractivity contribution in [1.82, 2.24) is 10.6 Å². The average molecular weight is 274 g/mol. The Morgan fingerprint density at radius 2 is 2.20 bits per heavy atom. The summed E-state index contributed by atoms with van der Waals surface area (Å²) in [7, 11) is 0. The van der Waals surface area contributed by atoms with Gasteiger partial charge >= 0.3 is 0 Å². The number of rotatable bonds is 6. The number of carbonyl (C=O) groups is 1. The molecule has 1 amide bonds. The third kappa shape index (κ3) is 6.04. The third-order valence-electron chi connectivity index (χ3n) is 2.43. The molecule has 0 aromatic heterocycles. The fourth-order valence-electron chi connectivity index (χ4n) is 1.63. The van der Waals surface area contributed by atoms with E-state index >= 15 is 0 Å². The van der Waals surface area contributed by atoms with Crippen molar-refractivity contribution < 1.29 is 4.79 Å². The molecular weight excluding hydrogens is 252 g/mol. The Morgan fingerprint density at radius 1 is 1.40 bits per heavy atom. The molecule has 0 unspecified atom stereocenters. The Labute approximate surface area is 120 Å². The van der Waals surface area contributed by atoms with E-state index in [-0.39, 0.29) is 5.91 Å². The standard InChI is InChI=1S/C15H22N4O/c1-4-9-17-15(16-5-2)18-11-13-7-6-8-14(10-13)19-12(3)20/h4,6-8,10H,1,5,9,11H2,2-3H3,(H,19,20)(H2,16,17,18). The van der Waals surface area contributed by atoms with Crippen molar-refractivity contribution in [1.29, 1.82) is 0 Å². The first-order valence-corrected chi connectivity index (χ1v) is 6.65. The summed E-state index contributed by atoms with van der Waals surface area (Å²) in [6, 6.07) is 7.66. The minimum Gasteiger partial charge on any atom is -0.357 e. The van der Waals surface area contributed by atoms with E-state index in [2.05, 4.69) is 27.5 Å². The van der Waals surface area contributed by atoms with E-state index in [0.717, 1.165) is 23.8 Å². The van der Waals surface area contributed by atoms with Crippen molar-refractivity contribution in [3.8, 4) is 0 Å². The number of hydrogen-bond acceptors (Lipinski definition) is 2. The predicted octanol–water partition coefficient (Wildman–Crippen LogP) is 1.89. The van der Waals surface area contributed by atoms with E-state index < -0.39 is 0 Å². The van der Waals surface area contributed by atoms with Gasteiger partial charge in [0.2, 0.25) is 5.91 Å². The van der Waals surface area contributed by atoms with Crippen molar-refractivity contribution in [3.05, 3.63) is 42.5 Å². The molecule has 0 aliphatic rings. The number of anilines is 1. The van der Waals surface area contributed by atoms with E-state index in [4.69, 9.17) is 0 Å². The van der Waals surface area contributed by atoms with Gasteiger partial charge in [-0.05, 0) is 24.6 Å². The highest BCUT2D eigenvalue weighted by Gasteiger charge is 1.99. The fraction of sp³-hybridized carbons (Fsp3) is 0.333. The maximum Gasteiger partial charge on any atom is 0.221 e. The van der Waals surface area contributed by atoms with Gasteiger partial charge in [0.15, 0.2) is 5.96 Å². The summed E-state index contributed by atoms with van der Waals surface area (Å²) >= 11 is 0. The van der Waals surface area contributed by atoms with Gasteiger partial charge in [-0.15, -0.1) is 6.58 Å². The van der Waals surface area contributed by atoms with Gasteiger partial charge in [0.25, 0.3) is 0 Å². The molecule has 0 aliphatic carbocycles. The Balaban J connectivity index is 2.69. The molecule has 0 bridgehead atoms. The maximum atomic E-state index is 11.0. The van der Waals surface area contributed by atoms with Crippen LogP contribution >= 0.6 is 0 Å². The normalized spacial score (nSPS) is 10.8. The lowest BCUT2D eigenvalue weighted by Crippen LogP contribution is -2.37. The SMILES string of the molecule is C=CCNC(=NCc1cccc(NC(C)=O)c1)NCC. The van der Waals surface area contributed by atoms with Crippen LogP contribution in [0.25, 0.3) is 0 Å². The lowest BCUT2D eigenvalue weighted by Gasteiger charge is -2.09. The molecule has 0 aliphatic heterocycles. The fourth-order valence-corrected chi connectivity index (χ4v) is 1.63. The smallest absolute Gasteiger partial charge is 0.221 e. The molecule has 0 heterocycles. The van der Waals surface area contributed by atoms with Crippen LogP contribution < -0.4 is 16.0 Å². The van der Waals surface area contributed by atoms with Crippen LogP contribution in [0.3, 0.4) is 0 Å². The lowest BCUT2D eigenvalue weighted by atomic mass is 10.2. The van der Waals surface area contributed by atoms with Crippen LogP contribution in [-0.4, -0.2) is 25.0 Å². The molecule has 0 fully saturated rings. The van der Waals surface area contributed by atoms with Crippen LogP contribution in [0.4, 0.5) is 5.69 Å². The summed E-state index contributed by atoms with van der Waals surface area (Å²) in [5, 5.41) is 9.05. The van der Waals surface area contributed by atoms with E-state index in [1.165, 1.54) is 6.92 Å². The largest absolute Gasteiger partial charge is 0.357 e. The van der Waals surface area contributed by atoms with Crippen molar-refractivity contribution in [2.24, 2.45) is 4.99 Å². The zero-order valence-corrected chi connectivity index (χ0v) is 12.1. The predicted molar refractivity (Wildman–Crippen MR) is 83.8 cm³/mol. The second kappa shape index (κ2) is 8.74. The van der Waals surface area contributed by atoms with Crippen LogP contribution in [0.15, 0.2) is 41.9 Å². The van der Waals surface area contributed by atoms with Gasteiger partial charge in [-0.1, -0.05) is 18.2 Å². The van der Waals surface area contributed by atoms with Gasteiger partial charge in [-0.2, -0.15) is 0 Å². The number of amides is 1. The van der Waals surface area contributed by atoms with Gasteiger partial charge in [0.1, 0.15) is 0 Å². The third-order valence-corrected chi connectivity index (χ3v) is 2.43. The van der Waals surface area contributed by atoms with Gasteiger partial charge in [-0.3, -0.25) is 4.79 Å². The number of benzene rings is 1. The highest BCUT2D eigenvalue weighted by molar-refractivity contribution is 5.88. The molecule has 108 valence electrons. The van der Waals surface area contributed by atoms with Crippen molar-refractivity contribution in [2.75, 3.05) is 18.4 Å². The minimum absolute atomic E-state index is 0.0772. The highest BCUT2D eigenvalue weighted by Crippen LogP contribution is 2.11. The molecule has 5 heteroatoms.